The molecule has 0 aliphatic carbocycles. The molecule has 0 aliphatic heterocycles. The molecule has 0 saturated heterocycles. The van der Waals surface area contributed by atoms with Crippen molar-refractivity contribution in [2.75, 3.05) is 42.8 Å². The fraction of sp³-hybridized carbons (Fsp3) is 0.133. The first-order valence-corrected chi connectivity index (χ1v) is 12.8. The highest BCUT2D eigenvalue weighted by atomic mass is 16.1. The molecule has 42 heavy (non-hydrogen) atoms. The molecular formula is C30H35N11O. The topological polar surface area (TPSA) is 215 Å². The number of carbonyl (C=O) groups excluding carboxylic acids is 1. The van der Waals surface area contributed by atoms with Gasteiger partial charge in [-0.1, -0.05) is 48.5 Å². The first-order valence-electron chi connectivity index (χ1n) is 12.8. The lowest BCUT2D eigenvalue weighted by atomic mass is 10.1. The zero-order valence-electron chi connectivity index (χ0n) is 24.0. The van der Waals surface area contributed by atoms with Crippen LogP contribution in [0.15, 0.2) is 79.0 Å². The number of fused-ring (bicyclic) bond motifs is 1. The Morgan fingerprint density at radius 2 is 1.31 bits per heavy atom. The van der Waals surface area contributed by atoms with E-state index in [0.29, 0.717) is 28.5 Å². The van der Waals surface area contributed by atoms with Crippen molar-refractivity contribution in [1.82, 2.24) is 29.8 Å². The van der Waals surface area contributed by atoms with Crippen molar-refractivity contribution in [1.29, 1.82) is 0 Å². The van der Waals surface area contributed by atoms with E-state index in [0.717, 1.165) is 27.9 Å². The van der Waals surface area contributed by atoms with Gasteiger partial charge < -0.3 is 33.6 Å². The lowest BCUT2D eigenvalue weighted by Crippen LogP contribution is -2.03. The summed E-state index contributed by atoms with van der Waals surface area (Å²) >= 11 is 0. The summed E-state index contributed by atoms with van der Waals surface area (Å²) in [6.45, 7) is 3.99. The van der Waals surface area contributed by atoms with Gasteiger partial charge in [0.2, 0.25) is 11.9 Å². The van der Waals surface area contributed by atoms with Crippen LogP contribution >= 0.6 is 0 Å². The molecular weight excluding hydrogens is 530 g/mol. The molecule has 0 fully saturated rings. The summed E-state index contributed by atoms with van der Waals surface area (Å²) in [7, 11) is 3.78. The number of rotatable bonds is 4. The Bertz CT molecular complexity index is 1670. The Hall–Kier alpha value is -5.78. The van der Waals surface area contributed by atoms with E-state index in [1.165, 1.54) is 6.07 Å². The van der Waals surface area contributed by atoms with Gasteiger partial charge in [0.05, 0.1) is 11.1 Å². The van der Waals surface area contributed by atoms with E-state index in [1.807, 2.05) is 93.5 Å². The van der Waals surface area contributed by atoms with Crippen molar-refractivity contribution in [3.05, 3.63) is 95.7 Å². The van der Waals surface area contributed by atoms with E-state index in [2.05, 4.69) is 24.9 Å². The van der Waals surface area contributed by atoms with Crippen molar-refractivity contribution in [2.45, 2.75) is 13.8 Å². The third-order valence-electron chi connectivity index (χ3n) is 5.75. The van der Waals surface area contributed by atoms with Crippen LogP contribution in [0, 0.1) is 13.8 Å². The Morgan fingerprint density at radius 3 is 1.90 bits per heavy atom. The molecule has 0 unspecified atom stereocenters. The molecule has 3 aromatic heterocycles. The van der Waals surface area contributed by atoms with Crippen molar-refractivity contribution in [2.24, 2.45) is 0 Å². The number of ketones is 1. The maximum absolute atomic E-state index is 11.7. The van der Waals surface area contributed by atoms with Crippen molar-refractivity contribution >= 4 is 46.2 Å². The quantitative estimate of drug-likeness (QED) is 0.156. The van der Waals surface area contributed by atoms with Gasteiger partial charge in [-0.25, -0.2) is 4.98 Å². The van der Waals surface area contributed by atoms with E-state index >= 15 is 0 Å². The van der Waals surface area contributed by atoms with E-state index in [9.17, 15) is 4.79 Å². The third kappa shape index (κ3) is 8.61. The second kappa shape index (κ2) is 14.0. The normalized spacial score (nSPS) is 10.4. The summed E-state index contributed by atoms with van der Waals surface area (Å²) in [5.74, 6) is 1.23. The molecule has 3 heterocycles. The third-order valence-corrected chi connectivity index (χ3v) is 5.75. The van der Waals surface area contributed by atoms with Crippen LogP contribution in [-0.2, 0) is 0 Å². The highest BCUT2D eigenvalue weighted by Crippen LogP contribution is 2.25. The Labute approximate surface area is 244 Å². The van der Waals surface area contributed by atoms with Gasteiger partial charge in [-0.3, -0.25) is 4.79 Å². The van der Waals surface area contributed by atoms with Crippen LogP contribution in [-0.4, -0.2) is 49.7 Å². The minimum Gasteiger partial charge on any atom is -0.383 e. The number of aryl methyl sites for hydroxylation is 2. The lowest BCUT2D eigenvalue weighted by Gasteiger charge is -2.07. The zero-order chi connectivity index (χ0) is 30.8. The molecule has 12 heteroatoms. The zero-order valence-corrected chi connectivity index (χ0v) is 24.0. The molecule has 0 aliphatic rings. The number of benzene rings is 2. The Kier molecular flexibility index (Phi) is 10.3. The number of pyridine rings is 1. The minimum atomic E-state index is 0.0526. The summed E-state index contributed by atoms with van der Waals surface area (Å²) in [4.78, 5) is 33.3. The van der Waals surface area contributed by atoms with Crippen molar-refractivity contribution in [3.8, 4) is 11.3 Å². The molecule has 0 atom stereocenters. The average Bonchev–Trinajstić information content (AvgIpc) is 2.92. The highest BCUT2D eigenvalue weighted by Gasteiger charge is 2.08. The van der Waals surface area contributed by atoms with Gasteiger partial charge in [-0.05, 0) is 37.1 Å². The first-order chi connectivity index (χ1) is 19.9. The number of anilines is 5. The minimum absolute atomic E-state index is 0.0526. The Balaban J connectivity index is 0.000000185. The molecule has 0 saturated carbocycles. The molecule has 0 amide bonds. The molecule has 12 nitrogen and oxygen atoms in total. The van der Waals surface area contributed by atoms with E-state index in [-0.39, 0.29) is 17.7 Å². The van der Waals surface area contributed by atoms with Gasteiger partial charge in [0.25, 0.3) is 0 Å². The van der Waals surface area contributed by atoms with Crippen LogP contribution in [0.5, 0.6) is 0 Å². The fourth-order valence-electron chi connectivity index (χ4n) is 3.72. The lowest BCUT2D eigenvalue weighted by molar-refractivity contribution is 0.104. The van der Waals surface area contributed by atoms with Crippen LogP contribution in [0.1, 0.15) is 21.5 Å². The second-order valence-electron chi connectivity index (χ2n) is 9.38. The predicted molar refractivity (Wildman–Crippen MR) is 170 cm³/mol. The fourth-order valence-corrected chi connectivity index (χ4v) is 3.72. The van der Waals surface area contributed by atoms with Crippen LogP contribution in [0.4, 0.5) is 29.4 Å². The monoisotopic (exact) mass is 565 g/mol. The maximum atomic E-state index is 11.7. The summed E-state index contributed by atoms with van der Waals surface area (Å²) in [6.07, 6.45) is 3.34. The molecule has 10 N–H and O–H groups in total. The van der Waals surface area contributed by atoms with Crippen LogP contribution in [0.2, 0.25) is 0 Å². The predicted octanol–water partition coefficient (Wildman–Crippen LogP) is 3.64. The molecule has 0 spiro atoms. The van der Waals surface area contributed by atoms with Crippen LogP contribution < -0.4 is 28.7 Å². The Morgan fingerprint density at radius 1 is 0.714 bits per heavy atom. The molecule has 2 aromatic carbocycles. The summed E-state index contributed by atoms with van der Waals surface area (Å²) < 4.78 is 0. The van der Waals surface area contributed by atoms with Gasteiger partial charge in [0.1, 0.15) is 17.5 Å². The molecule has 5 rings (SSSR count). The van der Waals surface area contributed by atoms with E-state index < -0.39 is 0 Å². The average molecular weight is 566 g/mol. The number of hydrogen-bond donors (Lipinski definition) is 5. The van der Waals surface area contributed by atoms with Crippen molar-refractivity contribution < 1.29 is 4.79 Å². The first kappa shape index (κ1) is 30.8. The highest BCUT2D eigenvalue weighted by molar-refractivity contribution is 6.05. The van der Waals surface area contributed by atoms with Gasteiger partial charge in [0, 0.05) is 43.6 Å². The molecule has 0 bridgehead atoms. The van der Waals surface area contributed by atoms with Crippen molar-refractivity contribution in [3.63, 3.8) is 0 Å². The number of nitrogens with zero attached hydrogens (tertiary/aromatic N) is 6. The number of carbonyl (C=O) groups is 1. The number of nitrogen functional groups attached to an aromatic ring is 5. The van der Waals surface area contributed by atoms with Gasteiger partial charge >= 0.3 is 0 Å². The maximum Gasteiger partial charge on any atom is 0.224 e. The summed E-state index contributed by atoms with van der Waals surface area (Å²) in [6, 6.07) is 20.9. The largest absolute Gasteiger partial charge is 0.383 e. The molecule has 216 valence electrons. The smallest absolute Gasteiger partial charge is 0.224 e. The number of nitrogens with two attached hydrogens (primary N) is 5. The van der Waals surface area contributed by atoms with E-state index in [1.54, 1.807) is 12.3 Å². The van der Waals surface area contributed by atoms with Crippen LogP contribution in [0.3, 0.4) is 0 Å². The molecule has 0 radical (unpaired) electrons. The number of allylic oxidation sites excluding steroid dienone is 1. The number of hydrogen-bond acceptors (Lipinski definition) is 12. The van der Waals surface area contributed by atoms with E-state index in [4.69, 9.17) is 28.7 Å². The van der Waals surface area contributed by atoms with Gasteiger partial charge in [0.15, 0.2) is 11.4 Å². The standard InChI is InChI=1S/C14H13N5.C12H15NO.C4H7N5/c1-8-4-2-3-5-9(8)11-7-6-10-12(15)18-14(16)19-13(10)17-11;1-10-6-4-5-7-11(10)12(14)8-9-13(2)3;5-2-1-3(6)9-4(7)8-2/h2-7H,1H3,(H4,15,16,17,18,19);4-9H,1-3H3;1H,(H6,5,6,7,8,9)/b;9-8+;. The SMILES string of the molecule is Cc1ccccc1-c1ccc2c(N)nc(N)nc2n1.Cc1ccccc1C(=O)/C=C/N(C)C.Nc1cc(N)nc(N)n1. The summed E-state index contributed by atoms with van der Waals surface area (Å²) in [5, 5.41) is 0.714. The number of aromatic nitrogens is 5. The van der Waals surface area contributed by atoms with Gasteiger partial charge in [-0.15, -0.1) is 0 Å². The van der Waals surface area contributed by atoms with Gasteiger partial charge in [-0.2, -0.15) is 19.9 Å². The summed E-state index contributed by atoms with van der Waals surface area (Å²) in [5.41, 5.74) is 32.5. The second-order valence-corrected chi connectivity index (χ2v) is 9.38. The van der Waals surface area contributed by atoms with Crippen LogP contribution in [0.25, 0.3) is 22.3 Å². The molecule has 5 aromatic rings.